The van der Waals surface area contributed by atoms with E-state index in [0.717, 1.165) is 6.07 Å². The number of anilines is 1. The van der Waals surface area contributed by atoms with Crippen molar-refractivity contribution in [2.75, 3.05) is 5.32 Å². The van der Waals surface area contributed by atoms with Crippen molar-refractivity contribution in [3.05, 3.63) is 23.8 Å². The summed E-state index contributed by atoms with van der Waals surface area (Å²) in [5, 5.41) is 11.0. The fourth-order valence-electron chi connectivity index (χ4n) is 1.15. The molecule has 1 rings (SSSR count). The summed E-state index contributed by atoms with van der Waals surface area (Å²) in [4.78, 5) is 21.1. The molecule has 92 valence electrons. The van der Waals surface area contributed by atoms with E-state index in [4.69, 9.17) is 15.8 Å². The van der Waals surface area contributed by atoms with Gasteiger partial charge in [-0.25, -0.2) is 13.2 Å². The van der Waals surface area contributed by atoms with Gasteiger partial charge in [0, 0.05) is 17.6 Å². The Bertz CT molecular complexity index is 581. The van der Waals surface area contributed by atoms with Crippen LogP contribution >= 0.6 is 10.7 Å². The van der Waals surface area contributed by atoms with E-state index >= 15 is 0 Å². The van der Waals surface area contributed by atoms with Gasteiger partial charge in [0.05, 0.1) is 11.3 Å². The van der Waals surface area contributed by atoms with E-state index in [2.05, 4.69) is 5.32 Å². The van der Waals surface area contributed by atoms with Gasteiger partial charge < -0.3 is 10.4 Å². The lowest BCUT2D eigenvalue weighted by Crippen LogP contribution is -2.10. The molecule has 17 heavy (non-hydrogen) atoms. The number of aromatic carboxylic acids is 1. The maximum atomic E-state index is 11.2. The van der Waals surface area contributed by atoms with Crippen LogP contribution in [-0.2, 0) is 13.8 Å². The lowest BCUT2D eigenvalue weighted by atomic mass is 10.2. The topological polar surface area (TPSA) is 101 Å². The Morgan fingerprint density at radius 2 is 1.94 bits per heavy atom. The third-order valence-corrected chi connectivity index (χ3v) is 3.16. The Morgan fingerprint density at radius 3 is 2.35 bits per heavy atom. The molecule has 0 fully saturated rings. The minimum Gasteiger partial charge on any atom is -0.478 e. The molecule has 0 bridgehead atoms. The van der Waals surface area contributed by atoms with Gasteiger partial charge in [-0.05, 0) is 18.2 Å². The van der Waals surface area contributed by atoms with Crippen LogP contribution in [0.15, 0.2) is 23.1 Å². The summed E-state index contributed by atoms with van der Waals surface area (Å²) < 4.78 is 22.5. The van der Waals surface area contributed by atoms with Crippen LogP contribution in [0.1, 0.15) is 17.3 Å². The Balaban J connectivity index is 3.42. The highest BCUT2D eigenvalue weighted by molar-refractivity contribution is 8.13. The van der Waals surface area contributed by atoms with Gasteiger partial charge in [-0.2, -0.15) is 0 Å². The predicted octanol–water partition coefficient (Wildman–Crippen LogP) is 1.27. The Hall–Kier alpha value is -1.60. The number of carboxylic acids is 1. The molecule has 0 aliphatic rings. The molecule has 6 nitrogen and oxygen atoms in total. The molecule has 0 radical (unpaired) electrons. The average Bonchev–Trinajstić information content (AvgIpc) is 2.15. The number of benzene rings is 1. The normalized spacial score (nSPS) is 10.9. The second-order valence-electron chi connectivity index (χ2n) is 3.14. The molecular formula is C9H8ClNO5S. The second-order valence-corrected chi connectivity index (χ2v) is 5.67. The molecule has 8 heteroatoms. The number of carboxylic acid groups (broad SMARTS) is 1. The first-order valence-electron chi connectivity index (χ1n) is 4.31. The van der Waals surface area contributed by atoms with Crippen molar-refractivity contribution in [3.63, 3.8) is 0 Å². The molecule has 0 aliphatic heterocycles. The van der Waals surface area contributed by atoms with Crippen molar-refractivity contribution in [2.45, 2.75) is 11.8 Å². The van der Waals surface area contributed by atoms with E-state index in [1.807, 2.05) is 0 Å². The number of nitrogens with one attached hydrogen (secondary N) is 1. The number of rotatable bonds is 3. The molecule has 2 N–H and O–H groups in total. The molecule has 1 aromatic rings. The largest absolute Gasteiger partial charge is 0.478 e. The van der Waals surface area contributed by atoms with Gasteiger partial charge in [-0.3, -0.25) is 4.79 Å². The number of carbonyl (C=O) groups excluding carboxylic acids is 1. The van der Waals surface area contributed by atoms with Gasteiger partial charge in [-0.1, -0.05) is 0 Å². The van der Waals surface area contributed by atoms with Gasteiger partial charge in [0.25, 0.3) is 9.05 Å². The minimum absolute atomic E-state index is 0.0579. The Morgan fingerprint density at radius 1 is 1.35 bits per heavy atom. The Kier molecular flexibility index (Phi) is 3.74. The number of halogens is 1. The van der Waals surface area contributed by atoms with E-state index in [1.54, 1.807) is 0 Å². The number of hydrogen-bond acceptors (Lipinski definition) is 4. The smallest absolute Gasteiger partial charge is 0.335 e. The minimum atomic E-state index is -4.14. The van der Waals surface area contributed by atoms with Gasteiger partial charge in [-0.15, -0.1) is 0 Å². The average molecular weight is 278 g/mol. The third-order valence-electron chi connectivity index (χ3n) is 1.80. The Labute approximate surface area is 102 Å². The van der Waals surface area contributed by atoms with Crippen molar-refractivity contribution >= 4 is 37.3 Å². The summed E-state index contributed by atoms with van der Waals surface area (Å²) >= 11 is 0. The van der Waals surface area contributed by atoms with Crippen LogP contribution in [-0.4, -0.2) is 25.4 Å². The van der Waals surface area contributed by atoms with E-state index in [1.165, 1.54) is 19.1 Å². The first-order valence-corrected chi connectivity index (χ1v) is 6.62. The molecular weight excluding hydrogens is 270 g/mol. The number of carbonyl (C=O) groups is 2. The zero-order valence-corrected chi connectivity index (χ0v) is 10.2. The van der Waals surface area contributed by atoms with E-state index in [-0.39, 0.29) is 11.3 Å². The molecule has 0 spiro atoms. The summed E-state index contributed by atoms with van der Waals surface area (Å²) in [6, 6.07) is 3.22. The summed E-state index contributed by atoms with van der Waals surface area (Å²) in [5.74, 6) is -1.78. The van der Waals surface area contributed by atoms with Crippen molar-refractivity contribution < 1.29 is 23.1 Å². The molecule has 1 aromatic carbocycles. The highest BCUT2D eigenvalue weighted by atomic mass is 35.7. The van der Waals surface area contributed by atoms with Gasteiger partial charge in [0.1, 0.15) is 4.90 Å². The van der Waals surface area contributed by atoms with Crippen molar-refractivity contribution in [2.24, 2.45) is 0 Å². The maximum Gasteiger partial charge on any atom is 0.335 e. The lowest BCUT2D eigenvalue weighted by Gasteiger charge is -2.07. The van der Waals surface area contributed by atoms with Crippen LogP contribution in [0.3, 0.4) is 0 Å². The van der Waals surface area contributed by atoms with Crippen LogP contribution in [0.25, 0.3) is 0 Å². The van der Waals surface area contributed by atoms with Crippen LogP contribution in [0.5, 0.6) is 0 Å². The van der Waals surface area contributed by atoms with Crippen LogP contribution in [0.4, 0.5) is 5.69 Å². The predicted molar refractivity (Wildman–Crippen MR) is 60.7 cm³/mol. The standard InChI is InChI=1S/C9H8ClNO5S/c1-5(12)11-7-3-2-6(9(13)14)4-8(7)17(10,15)16/h2-4H,1H3,(H,11,12)(H,13,14). The van der Waals surface area contributed by atoms with Gasteiger partial charge >= 0.3 is 5.97 Å². The van der Waals surface area contributed by atoms with Crippen molar-refractivity contribution in [1.82, 2.24) is 0 Å². The quantitative estimate of drug-likeness (QED) is 0.810. The van der Waals surface area contributed by atoms with E-state index in [0.29, 0.717) is 0 Å². The zero-order chi connectivity index (χ0) is 13.2. The molecule has 0 aliphatic carbocycles. The highest BCUT2D eigenvalue weighted by Gasteiger charge is 2.19. The zero-order valence-electron chi connectivity index (χ0n) is 8.60. The summed E-state index contributed by atoms with van der Waals surface area (Å²) in [6.45, 7) is 1.19. The summed E-state index contributed by atoms with van der Waals surface area (Å²) in [5.41, 5.74) is -0.296. The summed E-state index contributed by atoms with van der Waals surface area (Å²) in [7, 11) is 1.01. The first kappa shape index (κ1) is 13.5. The fraction of sp³-hybridized carbons (Fsp3) is 0.111. The fourth-order valence-corrected chi connectivity index (χ4v) is 2.18. The lowest BCUT2D eigenvalue weighted by molar-refractivity contribution is -0.114. The monoisotopic (exact) mass is 277 g/mol. The molecule has 0 aromatic heterocycles. The van der Waals surface area contributed by atoms with Crippen LogP contribution in [0, 0.1) is 0 Å². The molecule has 0 atom stereocenters. The molecule has 0 saturated carbocycles. The molecule has 0 heterocycles. The second kappa shape index (κ2) is 4.72. The van der Waals surface area contributed by atoms with Crippen LogP contribution < -0.4 is 5.32 Å². The van der Waals surface area contributed by atoms with E-state index in [9.17, 15) is 18.0 Å². The molecule has 0 saturated heterocycles. The van der Waals surface area contributed by atoms with Gasteiger partial charge in [0.2, 0.25) is 5.91 Å². The van der Waals surface area contributed by atoms with Crippen LogP contribution in [0.2, 0.25) is 0 Å². The molecule has 1 amide bonds. The first-order chi connectivity index (χ1) is 7.71. The number of amides is 1. The van der Waals surface area contributed by atoms with Gasteiger partial charge in [0.15, 0.2) is 0 Å². The third kappa shape index (κ3) is 3.43. The van der Waals surface area contributed by atoms with Crippen molar-refractivity contribution in [3.8, 4) is 0 Å². The maximum absolute atomic E-state index is 11.2. The number of hydrogen-bond donors (Lipinski definition) is 2. The highest BCUT2D eigenvalue weighted by Crippen LogP contribution is 2.26. The van der Waals surface area contributed by atoms with Crippen molar-refractivity contribution in [1.29, 1.82) is 0 Å². The summed E-state index contributed by atoms with van der Waals surface area (Å²) in [6.07, 6.45) is 0. The molecule has 0 unspecified atom stereocenters. The SMILES string of the molecule is CC(=O)Nc1ccc(C(=O)O)cc1S(=O)(=O)Cl. The van der Waals surface area contributed by atoms with E-state index < -0.39 is 25.8 Å².